The van der Waals surface area contributed by atoms with Crippen LogP contribution in [0.4, 0.5) is 0 Å². The van der Waals surface area contributed by atoms with Gasteiger partial charge in [-0.2, -0.15) is 0 Å². The first-order valence-electron chi connectivity index (χ1n) is 12.2. The van der Waals surface area contributed by atoms with Crippen molar-refractivity contribution in [2.45, 2.75) is 106 Å². The molecule has 0 aliphatic rings. The molecule has 0 fully saturated rings. The zero-order valence-corrected chi connectivity index (χ0v) is 24.1. The number of carbonyl (C=O) groups is 2. The van der Waals surface area contributed by atoms with E-state index < -0.39 is 23.7 Å². The molecule has 0 spiro atoms. The van der Waals surface area contributed by atoms with Gasteiger partial charge in [0.2, 0.25) is 5.91 Å². The lowest BCUT2D eigenvalue weighted by Crippen LogP contribution is -2.48. The van der Waals surface area contributed by atoms with E-state index >= 15 is 0 Å². The number of amides is 2. The van der Waals surface area contributed by atoms with Crippen LogP contribution in [0.5, 0.6) is 0 Å². The van der Waals surface area contributed by atoms with E-state index in [1.807, 2.05) is 76.4 Å². The fourth-order valence-corrected chi connectivity index (χ4v) is 2.92. The highest BCUT2D eigenvalue weighted by Gasteiger charge is 2.30. The monoisotopic (exact) mass is 494 g/mol. The van der Waals surface area contributed by atoms with Crippen LogP contribution in [0.15, 0.2) is 0 Å². The third-order valence-electron chi connectivity index (χ3n) is 4.95. The van der Waals surface area contributed by atoms with Crippen LogP contribution in [0.1, 0.15) is 88.0 Å². The van der Waals surface area contributed by atoms with E-state index in [0.717, 1.165) is 13.5 Å². The molecule has 2 atom stereocenters. The molecule has 0 aromatic rings. The fourth-order valence-electron chi connectivity index (χ4n) is 2.92. The second-order valence-corrected chi connectivity index (χ2v) is 10.3. The summed E-state index contributed by atoms with van der Waals surface area (Å²) >= 11 is 0. The van der Waals surface area contributed by atoms with Crippen LogP contribution in [0, 0.1) is 10.8 Å². The Morgan fingerprint density at radius 1 is 0.941 bits per heavy atom. The second-order valence-electron chi connectivity index (χ2n) is 10.3. The van der Waals surface area contributed by atoms with E-state index in [9.17, 15) is 19.8 Å². The van der Waals surface area contributed by atoms with Crippen LogP contribution >= 0.6 is 0 Å². The first-order chi connectivity index (χ1) is 15.6. The Morgan fingerprint density at radius 2 is 1.38 bits per heavy atom. The molecule has 0 heterocycles. The smallest absolute Gasteiger partial charge is 0.251 e. The summed E-state index contributed by atoms with van der Waals surface area (Å²) in [5, 5.41) is 35.4. The highest BCUT2D eigenvalue weighted by atomic mass is 16.3. The van der Waals surface area contributed by atoms with E-state index in [1.54, 1.807) is 0 Å². The summed E-state index contributed by atoms with van der Waals surface area (Å²) in [4.78, 5) is 24.2. The van der Waals surface area contributed by atoms with Gasteiger partial charge in [0.25, 0.3) is 5.91 Å². The average Bonchev–Trinajstić information content (AvgIpc) is 2.77. The van der Waals surface area contributed by atoms with E-state index in [-0.39, 0.29) is 29.6 Å². The first kappa shape index (κ1) is 39.9. The molecule has 0 bridgehead atoms. The van der Waals surface area contributed by atoms with Crippen molar-refractivity contribution in [3.63, 3.8) is 0 Å². The zero-order chi connectivity index (χ0) is 28.2. The molecule has 0 aromatic carbocycles. The maximum absolute atomic E-state index is 12.2. The van der Waals surface area contributed by atoms with E-state index in [0.29, 0.717) is 19.5 Å². The normalized spacial score (nSPS) is 12.9. The Hall–Kier alpha value is -1.26. The first-order valence-corrected chi connectivity index (χ1v) is 12.2. The van der Waals surface area contributed by atoms with E-state index in [1.165, 1.54) is 0 Å². The number of carbonyl (C=O) groups excluding carboxylic acids is 2. The van der Waals surface area contributed by atoms with Gasteiger partial charge in [-0.1, -0.05) is 48.5 Å². The minimum absolute atomic E-state index is 0.00789. The van der Waals surface area contributed by atoms with Gasteiger partial charge >= 0.3 is 0 Å². The van der Waals surface area contributed by atoms with Gasteiger partial charge in [0.05, 0.1) is 6.10 Å². The van der Waals surface area contributed by atoms with Gasteiger partial charge < -0.3 is 37.0 Å². The largest absolute Gasteiger partial charge is 0.400 e. The summed E-state index contributed by atoms with van der Waals surface area (Å²) in [5.41, 5.74) is 5.13. The molecule has 208 valence electrons. The van der Waals surface area contributed by atoms with Crippen molar-refractivity contribution in [1.29, 1.82) is 0 Å². The Labute approximate surface area is 209 Å². The summed E-state index contributed by atoms with van der Waals surface area (Å²) < 4.78 is 0. The lowest BCUT2D eigenvalue weighted by molar-refractivity contribution is -0.137. The minimum Gasteiger partial charge on any atom is -0.400 e. The molecule has 34 heavy (non-hydrogen) atoms. The van der Waals surface area contributed by atoms with Crippen molar-refractivity contribution in [3.8, 4) is 0 Å². The molecule has 2 amide bonds. The molecule has 0 radical (unpaired) electrons. The lowest BCUT2D eigenvalue weighted by Gasteiger charge is -2.35. The van der Waals surface area contributed by atoms with Crippen molar-refractivity contribution >= 4 is 11.8 Å². The Bertz CT molecular complexity index is 512. The summed E-state index contributed by atoms with van der Waals surface area (Å²) in [7, 11) is 4.75. The van der Waals surface area contributed by atoms with Crippen LogP contribution < -0.4 is 21.7 Å². The molecule has 2 unspecified atom stereocenters. The summed E-state index contributed by atoms with van der Waals surface area (Å²) in [6.45, 7) is 18.9. The van der Waals surface area contributed by atoms with Crippen LogP contribution in [0.2, 0.25) is 0 Å². The molecule has 0 saturated carbocycles. The highest BCUT2D eigenvalue weighted by molar-refractivity contribution is 5.81. The topological polar surface area (TPSA) is 157 Å². The summed E-state index contributed by atoms with van der Waals surface area (Å²) in [6.07, 6.45) is -1.21. The number of rotatable bonds is 12. The number of aliphatic hydroxyl groups excluding tert-OH is 3. The van der Waals surface area contributed by atoms with Crippen molar-refractivity contribution in [1.82, 2.24) is 16.0 Å². The zero-order valence-electron chi connectivity index (χ0n) is 24.1. The van der Waals surface area contributed by atoms with Crippen LogP contribution in [0.3, 0.4) is 0 Å². The van der Waals surface area contributed by atoms with Gasteiger partial charge in [0, 0.05) is 25.6 Å². The minimum atomic E-state index is -1.55. The Balaban J connectivity index is -0.000000576. The standard InChI is InChI=1S/C20H41N3O4.C2H7N.C2H6.CH4O/c1-8-18(2,3)13-22-17(27)16(26)14(24)9-10-15(25)23-20(6,7)11-19(4,5)12-21;1-3-2;2*1-2/h14,16,24,26H,8-13,21H2,1-7H3,(H,22,27)(H,23,25);3H,1-2H3;1-2H3;2H,1H3. The summed E-state index contributed by atoms with van der Waals surface area (Å²) in [6, 6.07) is 0. The predicted molar refractivity (Wildman–Crippen MR) is 142 cm³/mol. The molecular weight excluding hydrogens is 436 g/mol. The van der Waals surface area contributed by atoms with E-state index in [2.05, 4.69) is 16.0 Å². The molecule has 0 aliphatic carbocycles. The second kappa shape index (κ2) is 21.1. The Morgan fingerprint density at radius 3 is 1.76 bits per heavy atom. The van der Waals surface area contributed by atoms with Gasteiger partial charge in [-0.05, 0) is 64.6 Å². The lowest BCUT2D eigenvalue weighted by atomic mass is 9.80. The van der Waals surface area contributed by atoms with Crippen molar-refractivity contribution in [3.05, 3.63) is 0 Å². The fraction of sp³-hybridized carbons (Fsp3) is 0.920. The van der Waals surface area contributed by atoms with Crippen molar-refractivity contribution in [2.24, 2.45) is 16.6 Å². The number of hydrogen-bond donors (Lipinski definition) is 7. The van der Waals surface area contributed by atoms with Gasteiger partial charge in [-0.3, -0.25) is 9.59 Å². The predicted octanol–water partition coefficient (Wildman–Crippen LogP) is 1.78. The SMILES string of the molecule is CC.CCC(C)(C)CNC(=O)C(O)C(O)CCC(=O)NC(C)(C)CC(C)(C)CN.CNC.CO. The van der Waals surface area contributed by atoms with Crippen molar-refractivity contribution < 1.29 is 24.9 Å². The number of hydrogen-bond acceptors (Lipinski definition) is 7. The number of nitrogens with one attached hydrogen (secondary N) is 3. The molecule has 9 heteroatoms. The average molecular weight is 495 g/mol. The number of nitrogens with two attached hydrogens (primary N) is 1. The third-order valence-corrected chi connectivity index (χ3v) is 4.95. The molecule has 0 aliphatic heterocycles. The number of aliphatic hydroxyl groups is 3. The highest BCUT2D eigenvalue weighted by Crippen LogP contribution is 2.26. The van der Waals surface area contributed by atoms with Crippen molar-refractivity contribution in [2.75, 3.05) is 34.3 Å². The van der Waals surface area contributed by atoms with Gasteiger partial charge in [0.15, 0.2) is 6.10 Å². The van der Waals surface area contributed by atoms with Gasteiger partial charge in [-0.25, -0.2) is 0 Å². The molecule has 9 nitrogen and oxygen atoms in total. The van der Waals surface area contributed by atoms with Crippen LogP contribution in [-0.4, -0.2) is 79.2 Å². The molecule has 0 saturated heterocycles. The summed E-state index contributed by atoms with van der Waals surface area (Å²) in [5.74, 6) is -0.846. The molecule has 0 rings (SSSR count). The quantitative estimate of drug-likeness (QED) is 0.218. The van der Waals surface area contributed by atoms with Gasteiger partial charge in [-0.15, -0.1) is 0 Å². The third kappa shape index (κ3) is 22.5. The maximum atomic E-state index is 12.2. The van der Waals surface area contributed by atoms with Crippen LogP contribution in [0.25, 0.3) is 0 Å². The molecule has 0 aromatic heterocycles. The van der Waals surface area contributed by atoms with Gasteiger partial charge in [0.1, 0.15) is 0 Å². The molecular formula is C25H58N4O5. The maximum Gasteiger partial charge on any atom is 0.251 e. The Kier molecular flexibility index (Phi) is 24.7. The van der Waals surface area contributed by atoms with E-state index in [4.69, 9.17) is 10.8 Å². The van der Waals surface area contributed by atoms with Crippen LogP contribution in [-0.2, 0) is 9.59 Å². The molecule has 8 N–H and O–H groups in total.